The lowest BCUT2D eigenvalue weighted by molar-refractivity contribution is 0.282. The van der Waals surface area contributed by atoms with Gasteiger partial charge in [-0.15, -0.1) is 6.58 Å². The van der Waals surface area contributed by atoms with Crippen molar-refractivity contribution >= 4 is 11.6 Å². The van der Waals surface area contributed by atoms with E-state index in [1.807, 2.05) is 25.1 Å². The summed E-state index contributed by atoms with van der Waals surface area (Å²) >= 11 is 5.84. The standard InChI is InChI=1S/C13H18ClNO/c1-10(2)6-7-12(15)9-16-13-5-3-4-11(14)8-13/h3-5,8,12H,1,6-7,9,15H2,2H3. The number of hydrogen-bond acceptors (Lipinski definition) is 2. The predicted octanol–water partition coefficient (Wildman–Crippen LogP) is 3.40. The molecular formula is C13H18ClNO. The minimum atomic E-state index is 0.0377. The van der Waals surface area contributed by atoms with E-state index in [-0.39, 0.29) is 6.04 Å². The number of nitrogens with two attached hydrogens (primary N) is 1. The Bertz CT molecular complexity index is 352. The summed E-state index contributed by atoms with van der Waals surface area (Å²) in [4.78, 5) is 0. The molecule has 1 unspecified atom stereocenters. The van der Waals surface area contributed by atoms with E-state index < -0.39 is 0 Å². The summed E-state index contributed by atoms with van der Waals surface area (Å²) in [5.41, 5.74) is 7.06. The quantitative estimate of drug-likeness (QED) is 0.773. The van der Waals surface area contributed by atoms with Crippen LogP contribution in [0.1, 0.15) is 19.8 Å². The SMILES string of the molecule is C=C(C)CCC(N)COc1cccc(Cl)c1. The molecule has 88 valence electrons. The highest BCUT2D eigenvalue weighted by Gasteiger charge is 2.04. The molecule has 16 heavy (non-hydrogen) atoms. The molecular weight excluding hydrogens is 222 g/mol. The molecule has 1 atom stereocenters. The highest BCUT2D eigenvalue weighted by atomic mass is 35.5. The molecule has 0 bridgehead atoms. The molecule has 1 aromatic carbocycles. The highest BCUT2D eigenvalue weighted by molar-refractivity contribution is 6.30. The first-order valence-electron chi connectivity index (χ1n) is 5.36. The molecule has 1 rings (SSSR count). The van der Waals surface area contributed by atoms with Gasteiger partial charge in [-0.25, -0.2) is 0 Å². The van der Waals surface area contributed by atoms with Crippen LogP contribution >= 0.6 is 11.6 Å². The molecule has 0 saturated carbocycles. The predicted molar refractivity (Wildman–Crippen MR) is 69.0 cm³/mol. The van der Waals surface area contributed by atoms with Gasteiger partial charge in [-0.05, 0) is 38.0 Å². The van der Waals surface area contributed by atoms with Crippen LogP contribution in [-0.2, 0) is 0 Å². The number of benzene rings is 1. The van der Waals surface area contributed by atoms with E-state index in [9.17, 15) is 0 Å². The Kier molecular flexibility index (Phi) is 5.36. The average molecular weight is 240 g/mol. The Balaban J connectivity index is 2.31. The van der Waals surface area contributed by atoms with Crippen LogP contribution in [0.2, 0.25) is 5.02 Å². The maximum atomic E-state index is 5.91. The van der Waals surface area contributed by atoms with Crippen molar-refractivity contribution in [3.05, 3.63) is 41.4 Å². The molecule has 2 nitrogen and oxygen atoms in total. The Hall–Kier alpha value is -0.990. The molecule has 1 aromatic rings. The molecule has 2 N–H and O–H groups in total. The minimum Gasteiger partial charge on any atom is -0.492 e. The van der Waals surface area contributed by atoms with Gasteiger partial charge in [-0.3, -0.25) is 0 Å². The van der Waals surface area contributed by atoms with Crippen molar-refractivity contribution in [3.63, 3.8) is 0 Å². The van der Waals surface area contributed by atoms with E-state index in [1.54, 1.807) is 6.07 Å². The molecule has 0 radical (unpaired) electrons. The van der Waals surface area contributed by atoms with Crippen molar-refractivity contribution in [2.75, 3.05) is 6.61 Å². The normalized spacial score (nSPS) is 12.2. The monoisotopic (exact) mass is 239 g/mol. The Labute approximate surface area is 102 Å². The van der Waals surface area contributed by atoms with Crippen molar-refractivity contribution in [1.82, 2.24) is 0 Å². The van der Waals surface area contributed by atoms with Crippen molar-refractivity contribution < 1.29 is 4.74 Å². The van der Waals surface area contributed by atoms with Crippen LogP contribution in [0, 0.1) is 0 Å². The van der Waals surface area contributed by atoms with Crippen LogP contribution in [0.3, 0.4) is 0 Å². The van der Waals surface area contributed by atoms with Gasteiger partial charge in [0.15, 0.2) is 0 Å². The van der Waals surface area contributed by atoms with Crippen LogP contribution in [0.25, 0.3) is 0 Å². The number of ether oxygens (including phenoxy) is 1. The maximum Gasteiger partial charge on any atom is 0.120 e. The first-order valence-corrected chi connectivity index (χ1v) is 5.74. The molecule has 0 aliphatic heterocycles. The van der Waals surface area contributed by atoms with Crippen LogP contribution in [0.5, 0.6) is 5.75 Å². The fourth-order valence-corrected chi connectivity index (χ4v) is 1.46. The second-order valence-electron chi connectivity index (χ2n) is 4.02. The van der Waals surface area contributed by atoms with Crippen LogP contribution in [-0.4, -0.2) is 12.6 Å². The number of hydrogen-bond donors (Lipinski definition) is 1. The molecule has 0 aliphatic carbocycles. The lowest BCUT2D eigenvalue weighted by Gasteiger charge is -2.13. The summed E-state index contributed by atoms with van der Waals surface area (Å²) in [6.45, 7) is 6.36. The second-order valence-corrected chi connectivity index (χ2v) is 4.46. The lowest BCUT2D eigenvalue weighted by atomic mass is 10.1. The van der Waals surface area contributed by atoms with E-state index >= 15 is 0 Å². The van der Waals surface area contributed by atoms with Crippen molar-refractivity contribution in [2.24, 2.45) is 5.73 Å². The van der Waals surface area contributed by atoms with Crippen LogP contribution in [0.15, 0.2) is 36.4 Å². The van der Waals surface area contributed by atoms with Gasteiger partial charge >= 0.3 is 0 Å². The van der Waals surface area contributed by atoms with E-state index in [2.05, 4.69) is 6.58 Å². The molecule has 0 spiro atoms. The van der Waals surface area contributed by atoms with Gasteiger partial charge in [0.25, 0.3) is 0 Å². The van der Waals surface area contributed by atoms with Gasteiger partial charge < -0.3 is 10.5 Å². The van der Waals surface area contributed by atoms with E-state index in [0.29, 0.717) is 11.6 Å². The molecule has 0 heterocycles. The van der Waals surface area contributed by atoms with Crippen molar-refractivity contribution in [3.8, 4) is 5.75 Å². The first-order chi connectivity index (χ1) is 7.58. The number of rotatable bonds is 6. The van der Waals surface area contributed by atoms with Gasteiger partial charge in [0.1, 0.15) is 12.4 Å². The van der Waals surface area contributed by atoms with Gasteiger partial charge in [-0.1, -0.05) is 23.2 Å². The molecule has 0 saturated heterocycles. The van der Waals surface area contributed by atoms with Crippen LogP contribution < -0.4 is 10.5 Å². The largest absolute Gasteiger partial charge is 0.492 e. The van der Waals surface area contributed by atoms with Crippen LogP contribution in [0.4, 0.5) is 0 Å². The highest BCUT2D eigenvalue weighted by Crippen LogP contribution is 2.17. The van der Waals surface area contributed by atoms with Crippen molar-refractivity contribution in [2.45, 2.75) is 25.8 Å². The second kappa shape index (κ2) is 6.56. The average Bonchev–Trinajstić information content (AvgIpc) is 2.23. The smallest absolute Gasteiger partial charge is 0.120 e. The van der Waals surface area contributed by atoms with Gasteiger partial charge in [0.05, 0.1) is 0 Å². The summed E-state index contributed by atoms with van der Waals surface area (Å²) in [6.07, 6.45) is 1.84. The zero-order valence-corrected chi connectivity index (χ0v) is 10.3. The van der Waals surface area contributed by atoms with E-state index in [0.717, 1.165) is 24.2 Å². The Morgan fingerprint density at radius 2 is 2.31 bits per heavy atom. The third kappa shape index (κ3) is 5.19. The van der Waals surface area contributed by atoms with Gasteiger partial charge in [0.2, 0.25) is 0 Å². The zero-order chi connectivity index (χ0) is 12.0. The minimum absolute atomic E-state index is 0.0377. The fourth-order valence-electron chi connectivity index (χ4n) is 1.28. The third-order valence-electron chi connectivity index (χ3n) is 2.20. The number of halogens is 1. The lowest BCUT2D eigenvalue weighted by Crippen LogP contribution is -2.27. The first kappa shape index (κ1) is 13.1. The van der Waals surface area contributed by atoms with Gasteiger partial charge in [0, 0.05) is 11.1 Å². The fraction of sp³-hybridized carbons (Fsp3) is 0.385. The molecule has 0 amide bonds. The van der Waals surface area contributed by atoms with E-state index in [4.69, 9.17) is 22.1 Å². The topological polar surface area (TPSA) is 35.2 Å². The zero-order valence-electron chi connectivity index (χ0n) is 9.58. The maximum absolute atomic E-state index is 5.91. The summed E-state index contributed by atoms with van der Waals surface area (Å²) < 4.78 is 5.54. The molecule has 3 heteroatoms. The molecule has 0 aromatic heterocycles. The Morgan fingerprint density at radius 1 is 1.56 bits per heavy atom. The van der Waals surface area contributed by atoms with E-state index in [1.165, 1.54) is 0 Å². The third-order valence-corrected chi connectivity index (χ3v) is 2.44. The number of allylic oxidation sites excluding steroid dienone is 1. The summed E-state index contributed by atoms with van der Waals surface area (Å²) in [6, 6.07) is 7.37. The van der Waals surface area contributed by atoms with Crippen molar-refractivity contribution in [1.29, 1.82) is 0 Å². The summed E-state index contributed by atoms with van der Waals surface area (Å²) in [5, 5.41) is 0.674. The molecule has 0 aliphatic rings. The van der Waals surface area contributed by atoms with Gasteiger partial charge in [-0.2, -0.15) is 0 Å². The molecule has 0 fully saturated rings. The summed E-state index contributed by atoms with van der Waals surface area (Å²) in [5.74, 6) is 0.762. The Morgan fingerprint density at radius 3 is 2.94 bits per heavy atom. The summed E-state index contributed by atoms with van der Waals surface area (Å²) in [7, 11) is 0.